The molecule has 6 rings (SSSR count). The fourth-order valence-corrected chi connectivity index (χ4v) is 5.96. The molecule has 6 heteroatoms. The third-order valence-electron chi connectivity index (χ3n) is 7.61. The van der Waals surface area contributed by atoms with Gasteiger partial charge >= 0.3 is 0 Å². The lowest BCUT2D eigenvalue weighted by Crippen LogP contribution is -2.36. The minimum atomic E-state index is -0.558. The van der Waals surface area contributed by atoms with Gasteiger partial charge in [0.05, 0.1) is 17.0 Å². The van der Waals surface area contributed by atoms with Gasteiger partial charge in [0.15, 0.2) is 0 Å². The van der Waals surface area contributed by atoms with E-state index in [1.807, 2.05) is 12.5 Å². The fourth-order valence-electron chi connectivity index (χ4n) is 5.70. The van der Waals surface area contributed by atoms with Gasteiger partial charge in [0.25, 0.3) is 0 Å². The van der Waals surface area contributed by atoms with Crippen molar-refractivity contribution in [2.24, 2.45) is 0 Å². The standard InChI is InChI=1S/C35H31FN4S/c36-30-18-19-32-26(23-38-33(32)22-30)21-34(41)37-20-10-17-31-24-40(25-39-31)35(27-11-4-1-5-12-27,28-13-6-2-7-14-28)29-15-8-3-9-16-29/h1-9,11-16,18-19,22-25,38H,10,17,20-21H2,(H,37,41). The molecule has 41 heavy (non-hydrogen) atoms. The van der Waals surface area contributed by atoms with E-state index in [4.69, 9.17) is 17.2 Å². The summed E-state index contributed by atoms with van der Waals surface area (Å²) < 4.78 is 15.8. The van der Waals surface area contributed by atoms with Gasteiger partial charge in [0.2, 0.25) is 0 Å². The van der Waals surface area contributed by atoms with E-state index in [1.54, 1.807) is 6.07 Å². The van der Waals surface area contributed by atoms with Gasteiger partial charge in [0.1, 0.15) is 11.4 Å². The van der Waals surface area contributed by atoms with Gasteiger partial charge in [-0.1, -0.05) is 103 Å². The molecule has 2 heterocycles. The highest BCUT2D eigenvalue weighted by Crippen LogP contribution is 2.40. The number of aromatic amines is 1. The zero-order chi connectivity index (χ0) is 28.1. The largest absolute Gasteiger partial charge is 0.379 e. The van der Waals surface area contributed by atoms with Crippen molar-refractivity contribution in [3.05, 3.63) is 162 Å². The molecular weight excluding hydrogens is 527 g/mol. The molecule has 204 valence electrons. The maximum Gasteiger partial charge on any atom is 0.125 e. The van der Waals surface area contributed by atoms with E-state index >= 15 is 0 Å². The van der Waals surface area contributed by atoms with Crippen LogP contribution in [0.5, 0.6) is 0 Å². The average molecular weight is 559 g/mol. The van der Waals surface area contributed by atoms with Crippen LogP contribution in [-0.2, 0) is 18.4 Å². The predicted molar refractivity (Wildman–Crippen MR) is 168 cm³/mol. The van der Waals surface area contributed by atoms with Gasteiger partial charge in [0, 0.05) is 36.3 Å². The summed E-state index contributed by atoms with van der Waals surface area (Å²) in [6.45, 7) is 0.754. The second-order valence-corrected chi connectivity index (χ2v) is 10.7. The monoisotopic (exact) mass is 558 g/mol. The number of hydrogen-bond donors (Lipinski definition) is 2. The van der Waals surface area contributed by atoms with E-state index in [9.17, 15) is 4.39 Å². The number of aromatic nitrogens is 3. The molecule has 0 aliphatic carbocycles. The Morgan fingerprint density at radius 3 is 2.07 bits per heavy atom. The quantitative estimate of drug-likeness (QED) is 0.104. The molecule has 0 unspecified atom stereocenters. The van der Waals surface area contributed by atoms with Crippen molar-refractivity contribution in [1.29, 1.82) is 0 Å². The summed E-state index contributed by atoms with van der Waals surface area (Å²) in [7, 11) is 0. The number of nitrogens with one attached hydrogen (secondary N) is 2. The Bertz CT molecular complexity index is 1650. The fraction of sp³-hybridized carbons (Fsp3) is 0.143. The van der Waals surface area contributed by atoms with Crippen molar-refractivity contribution in [1.82, 2.24) is 19.9 Å². The van der Waals surface area contributed by atoms with E-state index < -0.39 is 5.54 Å². The zero-order valence-corrected chi connectivity index (χ0v) is 23.4. The number of thiocarbonyl (C=S) groups is 1. The molecular formula is C35H31FN4S. The minimum absolute atomic E-state index is 0.248. The number of imidazole rings is 1. The molecule has 0 bridgehead atoms. The molecule has 4 aromatic carbocycles. The van der Waals surface area contributed by atoms with Gasteiger partial charge in [-0.2, -0.15) is 0 Å². The Balaban J connectivity index is 1.19. The van der Waals surface area contributed by atoms with Crippen molar-refractivity contribution in [3.8, 4) is 0 Å². The van der Waals surface area contributed by atoms with Crippen molar-refractivity contribution in [3.63, 3.8) is 0 Å². The maximum atomic E-state index is 13.5. The summed E-state index contributed by atoms with van der Waals surface area (Å²) in [5.74, 6) is -0.248. The molecule has 0 saturated heterocycles. The number of rotatable bonds is 10. The van der Waals surface area contributed by atoms with Gasteiger partial charge in [-0.25, -0.2) is 9.37 Å². The lowest BCUT2D eigenvalue weighted by molar-refractivity contribution is 0.514. The molecule has 0 atom stereocenters. The van der Waals surface area contributed by atoms with Crippen LogP contribution in [0.15, 0.2) is 128 Å². The van der Waals surface area contributed by atoms with Gasteiger partial charge in [-0.3, -0.25) is 0 Å². The number of hydrogen-bond acceptors (Lipinski definition) is 2. The number of benzene rings is 4. The van der Waals surface area contributed by atoms with Gasteiger partial charge in [-0.05, 0) is 53.3 Å². The molecule has 0 aliphatic rings. The van der Waals surface area contributed by atoms with Gasteiger partial charge in [-0.15, -0.1) is 0 Å². The molecule has 4 nitrogen and oxygen atoms in total. The van der Waals surface area contributed by atoms with Crippen LogP contribution in [-0.4, -0.2) is 26.1 Å². The third kappa shape index (κ3) is 5.43. The Morgan fingerprint density at radius 1 is 0.854 bits per heavy atom. The van der Waals surface area contributed by atoms with Crippen molar-refractivity contribution in [2.45, 2.75) is 24.8 Å². The highest BCUT2D eigenvalue weighted by atomic mass is 32.1. The van der Waals surface area contributed by atoms with E-state index in [2.05, 4.69) is 112 Å². The molecule has 2 aromatic heterocycles. The lowest BCUT2D eigenvalue weighted by Gasteiger charge is -2.37. The predicted octanol–water partition coefficient (Wildman–Crippen LogP) is 7.44. The zero-order valence-electron chi connectivity index (χ0n) is 22.6. The first-order chi connectivity index (χ1) is 20.1. The normalized spacial score (nSPS) is 11.5. The molecule has 0 saturated carbocycles. The summed E-state index contributed by atoms with van der Waals surface area (Å²) in [5, 5.41) is 4.39. The second-order valence-electron chi connectivity index (χ2n) is 10.2. The molecule has 2 N–H and O–H groups in total. The van der Waals surface area contributed by atoms with E-state index in [0.717, 1.165) is 46.5 Å². The summed E-state index contributed by atoms with van der Waals surface area (Å²) in [6.07, 6.45) is 8.37. The molecule has 0 aliphatic heterocycles. The van der Waals surface area contributed by atoms with E-state index in [-0.39, 0.29) is 5.82 Å². The van der Waals surface area contributed by atoms with Crippen LogP contribution in [0, 0.1) is 5.82 Å². The Labute approximate surface area is 244 Å². The van der Waals surface area contributed by atoms with Crippen LogP contribution in [0.1, 0.15) is 34.4 Å². The molecule has 0 fully saturated rings. The van der Waals surface area contributed by atoms with Crippen LogP contribution < -0.4 is 5.32 Å². The first-order valence-corrected chi connectivity index (χ1v) is 14.3. The highest BCUT2D eigenvalue weighted by molar-refractivity contribution is 7.80. The van der Waals surface area contributed by atoms with Crippen LogP contribution in [0.2, 0.25) is 0 Å². The minimum Gasteiger partial charge on any atom is -0.379 e. The summed E-state index contributed by atoms with van der Waals surface area (Å²) in [6, 6.07) is 36.7. The third-order valence-corrected chi connectivity index (χ3v) is 7.90. The van der Waals surface area contributed by atoms with Crippen molar-refractivity contribution < 1.29 is 4.39 Å². The van der Waals surface area contributed by atoms with Crippen LogP contribution >= 0.6 is 12.2 Å². The Morgan fingerprint density at radius 2 is 1.46 bits per heavy atom. The second kappa shape index (κ2) is 11.9. The first-order valence-electron chi connectivity index (χ1n) is 13.9. The Hall–Kier alpha value is -4.55. The number of fused-ring (bicyclic) bond motifs is 1. The molecule has 6 aromatic rings. The molecule has 0 radical (unpaired) electrons. The number of halogens is 1. The van der Waals surface area contributed by atoms with Crippen molar-refractivity contribution >= 4 is 28.1 Å². The maximum absolute atomic E-state index is 13.5. The summed E-state index contributed by atoms with van der Waals surface area (Å²) in [5.41, 5.74) is 5.85. The number of nitrogens with zero attached hydrogens (tertiary/aromatic N) is 2. The van der Waals surface area contributed by atoms with Crippen LogP contribution in [0.3, 0.4) is 0 Å². The van der Waals surface area contributed by atoms with Gasteiger partial charge < -0.3 is 14.9 Å². The SMILES string of the molecule is Fc1ccc2c(CC(=S)NCCCc3cn(C(c4ccccc4)(c4ccccc4)c4ccccc4)cn3)c[nH]c2c1. The number of aryl methyl sites for hydroxylation is 1. The Kier molecular flexibility index (Phi) is 7.74. The topological polar surface area (TPSA) is 45.6 Å². The lowest BCUT2D eigenvalue weighted by atomic mass is 9.77. The summed E-state index contributed by atoms with van der Waals surface area (Å²) >= 11 is 5.62. The smallest absolute Gasteiger partial charge is 0.125 e. The summed E-state index contributed by atoms with van der Waals surface area (Å²) in [4.78, 5) is 8.75. The van der Waals surface area contributed by atoms with Crippen LogP contribution in [0.25, 0.3) is 10.9 Å². The van der Waals surface area contributed by atoms with Crippen molar-refractivity contribution in [2.75, 3.05) is 6.54 Å². The van der Waals surface area contributed by atoms with E-state index in [1.165, 1.54) is 28.8 Å². The number of H-pyrrole nitrogens is 1. The van der Waals surface area contributed by atoms with Crippen LogP contribution in [0.4, 0.5) is 4.39 Å². The first kappa shape index (κ1) is 26.7. The molecule has 0 spiro atoms. The highest BCUT2D eigenvalue weighted by Gasteiger charge is 2.38. The molecule has 0 amide bonds. The van der Waals surface area contributed by atoms with E-state index in [0.29, 0.717) is 6.42 Å². The average Bonchev–Trinajstić information content (AvgIpc) is 3.65.